The highest BCUT2D eigenvalue weighted by atomic mass is 32.2. The van der Waals surface area contributed by atoms with Gasteiger partial charge in [0.25, 0.3) is 0 Å². The molecule has 2 atom stereocenters. The molecule has 0 spiro atoms. The van der Waals surface area contributed by atoms with Crippen molar-refractivity contribution in [3.63, 3.8) is 0 Å². The number of hydrogen-bond acceptors (Lipinski definition) is 9. The van der Waals surface area contributed by atoms with Crippen LogP contribution in [0.15, 0.2) is 35.4 Å². The number of nitrogens with one attached hydrogen (secondary N) is 1. The lowest BCUT2D eigenvalue weighted by molar-refractivity contribution is -0.153. The van der Waals surface area contributed by atoms with E-state index in [0.29, 0.717) is 40.6 Å². The molecule has 1 aromatic heterocycles. The molecule has 3 N–H and O–H groups in total. The van der Waals surface area contributed by atoms with Crippen LogP contribution in [0.5, 0.6) is 0 Å². The first-order valence-corrected chi connectivity index (χ1v) is 14.1. The molecule has 39 heavy (non-hydrogen) atoms. The highest BCUT2D eigenvalue weighted by Crippen LogP contribution is 2.48. The van der Waals surface area contributed by atoms with E-state index in [9.17, 15) is 20.1 Å². The number of amides is 1. The van der Waals surface area contributed by atoms with Crippen LogP contribution in [0.3, 0.4) is 0 Å². The van der Waals surface area contributed by atoms with Crippen molar-refractivity contribution in [2.45, 2.75) is 74.3 Å². The van der Waals surface area contributed by atoms with E-state index in [1.165, 1.54) is 0 Å². The number of carbonyl (C=O) groups is 2. The Morgan fingerprint density at radius 3 is 2.46 bits per heavy atom. The fourth-order valence-electron chi connectivity index (χ4n) is 4.85. The average Bonchev–Trinajstić information content (AvgIpc) is 3.74. The Bertz CT molecular complexity index is 1310. The summed E-state index contributed by atoms with van der Waals surface area (Å²) in [7, 11) is 0. The predicted octanol–water partition coefficient (Wildman–Crippen LogP) is 3.92. The zero-order chi connectivity index (χ0) is 28.2. The molecule has 204 valence electrons. The molecular formula is C29H34N6O3S. The van der Waals surface area contributed by atoms with E-state index in [2.05, 4.69) is 17.5 Å². The Morgan fingerprint density at radius 1 is 1.18 bits per heavy atom. The van der Waals surface area contributed by atoms with E-state index in [1.54, 1.807) is 0 Å². The zero-order valence-electron chi connectivity index (χ0n) is 22.6. The first kappa shape index (κ1) is 28.4. The summed E-state index contributed by atoms with van der Waals surface area (Å²) in [4.78, 5) is 31.6. The van der Waals surface area contributed by atoms with E-state index in [-0.39, 0.29) is 24.5 Å². The molecule has 1 saturated carbocycles. The van der Waals surface area contributed by atoms with Gasteiger partial charge in [0.05, 0.1) is 17.7 Å². The van der Waals surface area contributed by atoms with Crippen molar-refractivity contribution in [2.75, 3.05) is 24.5 Å². The number of piperidine rings is 1. The summed E-state index contributed by atoms with van der Waals surface area (Å²) in [6.07, 6.45) is 3.50. The third-order valence-corrected chi connectivity index (χ3v) is 7.92. The minimum atomic E-state index is -0.733. The predicted molar refractivity (Wildman–Crippen MR) is 149 cm³/mol. The SMILES string of the molecule is CC(C)(C)OC(=O)CNC1CCCN(c2nc(SC(C(N)=O)c3ccccc3)c(C#N)c(C3CC3)c2C#N)C1. The molecule has 2 unspecified atom stereocenters. The largest absolute Gasteiger partial charge is 0.459 e. The molecule has 0 bridgehead atoms. The Balaban J connectivity index is 1.66. The molecule has 4 rings (SSSR count). The summed E-state index contributed by atoms with van der Waals surface area (Å²) in [5.41, 5.74) is 7.44. The molecule has 2 heterocycles. The summed E-state index contributed by atoms with van der Waals surface area (Å²) >= 11 is 1.16. The Morgan fingerprint density at radius 2 is 1.87 bits per heavy atom. The maximum Gasteiger partial charge on any atom is 0.320 e. The Labute approximate surface area is 233 Å². The molecule has 2 aromatic rings. The van der Waals surface area contributed by atoms with Gasteiger partial charge in [-0.1, -0.05) is 42.1 Å². The topological polar surface area (TPSA) is 145 Å². The van der Waals surface area contributed by atoms with Crippen LogP contribution in [0, 0.1) is 22.7 Å². The number of nitriles is 2. The molecule has 10 heteroatoms. The van der Waals surface area contributed by atoms with Crippen LogP contribution in [-0.4, -0.2) is 48.1 Å². The number of pyridine rings is 1. The van der Waals surface area contributed by atoms with E-state index in [4.69, 9.17) is 15.5 Å². The van der Waals surface area contributed by atoms with Crippen molar-refractivity contribution < 1.29 is 14.3 Å². The van der Waals surface area contributed by atoms with Crippen LogP contribution in [-0.2, 0) is 14.3 Å². The third kappa shape index (κ3) is 7.08. The lowest BCUT2D eigenvalue weighted by atomic mass is 9.98. The number of primary amides is 1. The fourth-order valence-corrected chi connectivity index (χ4v) is 5.90. The second-order valence-corrected chi connectivity index (χ2v) is 12.1. The summed E-state index contributed by atoms with van der Waals surface area (Å²) in [6, 6.07) is 13.8. The zero-order valence-corrected chi connectivity index (χ0v) is 23.4. The summed E-state index contributed by atoms with van der Waals surface area (Å²) in [5.74, 6) is -0.215. The van der Waals surface area contributed by atoms with Gasteiger partial charge in [-0.15, -0.1) is 0 Å². The first-order valence-electron chi connectivity index (χ1n) is 13.2. The van der Waals surface area contributed by atoms with Crippen LogP contribution in [0.1, 0.15) is 79.9 Å². The summed E-state index contributed by atoms with van der Waals surface area (Å²) in [6.45, 7) is 6.82. The molecule has 2 fully saturated rings. The van der Waals surface area contributed by atoms with Crippen molar-refractivity contribution >= 4 is 29.5 Å². The summed E-state index contributed by atoms with van der Waals surface area (Å²) in [5, 5.41) is 23.4. The lowest BCUT2D eigenvalue weighted by Crippen LogP contribution is -2.48. The standard InChI is InChI=1S/C29H34N6O3S/c1-29(2,3)38-23(36)16-33-20-10-7-13-35(17-20)27-21(14-30)24(18-11-12-18)22(15-31)28(34-27)39-25(26(32)37)19-8-5-4-6-9-19/h4-6,8-9,18,20,25,33H,7,10-13,16-17H2,1-3H3,(H2,32,37). The molecule has 9 nitrogen and oxygen atoms in total. The van der Waals surface area contributed by atoms with Gasteiger partial charge in [-0.25, -0.2) is 4.98 Å². The summed E-state index contributed by atoms with van der Waals surface area (Å²) < 4.78 is 5.42. The van der Waals surface area contributed by atoms with E-state index in [0.717, 1.165) is 43.0 Å². The van der Waals surface area contributed by atoms with Gasteiger partial charge in [-0.3, -0.25) is 9.59 Å². The van der Waals surface area contributed by atoms with Gasteiger partial charge < -0.3 is 20.7 Å². The van der Waals surface area contributed by atoms with Crippen molar-refractivity contribution in [1.29, 1.82) is 10.5 Å². The molecule has 2 aliphatic rings. The number of ether oxygens (including phenoxy) is 1. The second kappa shape index (κ2) is 12.1. The van der Waals surface area contributed by atoms with E-state index < -0.39 is 16.8 Å². The molecule has 1 aliphatic carbocycles. The fraction of sp³-hybridized carbons (Fsp3) is 0.483. The van der Waals surface area contributed by atoms with Gasteiger partial charge >= 0.3 is 5.97 Å². The molecule has 1 aromatic carbocycles. The number of hydrogen-bond donors (Lipinski definition) is 2. The second-order valence-electron chi connectivity index (χ2n) is 11.0. The maximum absolute atomic E-state index is 12.5. The first-order chi connectivity index (χ1) is 18.6. The average molecular weight is 547 g/mol. The number of rotatable bonds is 9. The number of aromatic nitrogens is 1. The van der Waals surface area contributed by atoms with Crippen molar-refractivity contribution in [3.8, 4) is 12.1 Å². The number of carbonyl (C=O) groups excluding carboxylic acids is 2. The number of thioether (sulfide) groups is 1. The van der Waals surface area contributed by atoms with Crippen molar-refractivity contribution in [2.24, 2.45) is 5.73 Å². The smallest absolute Gasteiger partial charge is 0.320 e. The number of nitrogens with two attached hydrogens (primary N) is 1. The molecule has 1 amide bonds. The number of benzene rings is 1. The van der Waals surface area contributed by atoms with Crippen LogP contribution in [0.4, 0.5) is 5.82 Å². The van der Waals surface area contributed by atoms with Gasteiger partial charge in [-0.05, 0) is 63.5 Å². The third-order valence-electron chi connectivity index (χ3n) is 6.66. The van der Waals surface area contributed by atoms with E-state index in [1.807, 2.05) is 56.0 Å². The Kier molecular flexibility index (Phi) is 8.79. The monoisotopic (exact) mass is 546 g/mol. The lowest BCUT2D eigenvalue weighted by Gasteiger charge is -2.35. The highest BCUT2D eigenvalue weighted by molar-refractivity contribution is 8.00. The molecular weight excluding hydrogens is 512 g/mol. The van der Waals surface area contributed by atoms with Gasteiger partial charge in [0.2, 0.25) is 5.91 Å². The van der Waals surface area contributed by atoms with Gasteiger partial charge in [0, 0.05) is 19.1 Å². The Hall–Kier alpha value is -3.60. The highest BCUT2D eigenvalue weighted by Gasteiger charge is 2.36. The molecule has 0 radical (unpaired) electrons. The number of anilines is 1. The minimum Gasteiger partial charge on any atom is -0.459 e. The van der Waals surface area contributed by atoms with E-state index >= 15 is 0 Å². The van der Waals surface area contributed by atoms with Crippen LogP contribution in [0.2, 0.25) is 0 Å². The van der Waals surface area contributed by atoms with Crippen LogP contribution >= 0.6 is 11.8 Å². The van der Waals surface area contributed by atoms with Crippen molar-refractivity contribution in [1.82, 2.24) is 10.3 Å². The van der Waals surface area contributed by atoms with Gasteiger partial charge in [-0.2, -0.15) is 10.5 Å². The minimum absolute atomic E-state index is 0.00146. The van der Waals surface area contributed by atoms with Crippen LogP contribution < -0.4 is 16.0 Å². The number of nitrogens with zero attached hydrogens (tertiary/aromatic N) is 4. The number of esters is 1. The molecule has 1 aliphatic heterocycles. The maximum atomic E-state index is 12.5. The van der Waals surface area contributed by atoms with Gasteiger partial charge in [0.15, 0.2) is 0 Å². The van der Waals surface area contributed by atoms with Crippen molar-refractivity contribution in [3.05, 3.63) is 52.6 Å². The molecule has 1 saturated heterocycles. The van der Waals surface area contributed by atoms with Crippen LogP contribution in [0.25, 0.3) is 0 Å². The van der Waals surface area contributed by atoms with Gasteiger partial charge in [0.1, 0.15) is 33.8 Å². The quantitative estimate of drug-likeness (QED) is 0.353. The normalized spacial score (nSPS) is 18.1.